The lowest BCUT2D eigenvalue weighted by molar-refractivity contribution is 0.199. The van der Waals surface area contributed by atoms with Crippen molar-refractivity contribution in [1.82, 2.24) is 10.0 Å². The first kappa shape index (κ1) is 21.9. The van der Waals surface area contributed by atoms with Crippen LogP contribution in [-0.2, 0) is 14.8 Å². The van der Waals surface area contributed by atoms with Gasteiger partial charge >= 0.3 is 0 Å². The Balaban J connectivity index is 0.00000484. The Morgan fingerprint density at radius 3 is 2.22 bits per heavy atom. The lowest BCUT2D eigenvalue weighted by atomic mass is 10.3. The SMILES string of the molecule is COCCNCCNS(=O)(=O)c1cc(OC)c(OC)cc1F.Cl. The highest BCUT2D eigenvalue weighted by molar-refractivity contribution is 7.89. The zero-order chi connectivity index (χ0) is 16.6. The van der Waals surface area contributed by atoms with Crippen LogP contribution in [0.2, 0.25) is 0 Å². The van der Waals surface area contributed by atoms with Gasteiger partial charge in [0.2, 0.25) is 10.0 Å². The number of hydrogen-bond acceptors (Lipinski definition) is 6. The number of sulfonamides is 1. The van der Waals surface area contributed by atoms with E-state index < -0.39 is 20.7 Å². The van der Waals surface area contributed by atoms with E-state index in [0.717, 1.165) is 12.1 Å². The predicted molar refractivity (Wildman–Crippen MR) is 86.7 cm³/mol. The van der Waals surface area contributed by atoms with Crippen molar-refractivity contribution in [2.75, 3.05) is 47.6 Å². The molecule has 1 aromatic rings. The molecule has 0 spiro atoms. The lowest BCUT2D eigenvalue weighted by Gasteiger charge is -2.12. The van der Waals surface area contributed by atoms with Crippen molar-refractivity contribution in [3.8, 4) is 11.5 Å². The maximum atomic E-state index is 13.9. The Morgan fingerprint density at radius 1 is 1.04 bits per heavy atom. The highest BCUT2D eigenvalue weighted by Crippen LogP contribution is 2.31. The van der Waals surface area contributed by atoms with Gasteiger partial charge in [0.1, 0.15) is 10.7 Å². The van der Waals surface area contributed by atoms with Gasteiger partial charge in [-0.05, 0) is 0 Å². The van der Waals surface area contributed by atoms with Crippen LogP contribution in [0.3, 0.4) is 0 Å². The summed E-state index contributed by atoms with van der Waals surface area (Å²) in [4.78, 5) is -0.484. The molecule has 0 aliphatic rings. The van der Waals surface area contributed by atoms with Gasteiger partial charge < -0.3 is 19.5 Å². The summed E-state index contributed by atoms with van der Waals surface area (Å²) in [6, 6.07) is 2.07. The number of benzene rings is 1. The van der Waals surface area contributed by atoms with E-state index in [4.69, 9.17) is 14.2 Å². The Hall–Kier alpha value is -1.13. The molecular weight excluding hydrogens is 351 g/mol. The van der Waals surface area contributed by atoms with Gasteiger partial charge in [0.05, 0.1) is 20.8 Å². The van der Waals surface area contributed by atoms with Crippen LogP contribution in [0.4, 0.5) is 4.39 Å². The first-order valence-electron chi connectivity index (χ1n) is 6.57. The second-order valence-electron chi connectivity index (χ2n) is 4.28. The van der Waals surface area contributed by atoms with E-state index in [1.807, 2.05) is 0 Å². The molecule has 0 saturated heterocycles. The minimum absolute atomic E-state index is 0. The Labute approximate surface area is 142 Å². The van der Waals surface area contributed by atoms with Crippen molar-refractivity contribution in [3.63, 3.8) is 0 Å². The number of halogens is 2. The lowest BCUT2D eigenvalue weighted by Crippen LogP contribution is -2.33. The number of rotatable bonds is 10. The van der Waals surface area contributed by atoms with Crippen LogP contribution in [0.15, 0.2) is 17.0 Å². The molecule has 0 aromatic heterocycles. The van der Waals surface area contributed by atoms with Gasteiger partial charge in [0.25, 0.3) is 0 Å². The van der Waals surface area contributed by atoms with Gasteiger partial charge in [-0.25, -0.2) is 17.5 Å². The van der Waals surface area contributed by atoms with Gasteiger partial charge in [-0.1, -0.05) is 0 Å². The molecule has 10 heteroatoms. The second kappa shape index (κ2) is 10.6. The van der Waals surface area contributed by atoms with Crippen LogP contribution in [0.25, 0.3) is 0 Å². The molecule has 1 rings (SSSR count). The Kier molecular flexibility index (Phi) is 10.1. The maximum absolute atomic E-state index is 13.9. The smallest absolute Gasteiger partial charge is 0.243 e. The first-order valence-corrected chi connectivity index (χ1v) is 8.05. The quantitative estimate of drug-likeness (QED) is 0.590. The van der Waals surface area contributed by atoms with E-state index in [-0.39, 0.29) is 30.5 Å². The van der Waals surface area contributed by atoms with Crippen LogP contribution in [0, 0.1) is 5.82 Å². The zero-order valence-electron chi connectivity index (χ0n) is 13.2. The summed E-state index contributed by atoms with van der Waals surface area (Å²) >= 11 is 0. The summed E-state index contributed by atoms with van der Waals surface area (Å²) in [5.41, 5.74) is 0. The van der Waals surface area contributed by atoms with E-state index in [0.29, 0.717) is 19.7 Å². The second-order valence-corrected chi connectivity index (χ2v) is 6.01. The van der Waals surface area contributed by atoms with Crippen molar-refractivity contribution in [2.24, 2.45) is 0 Å². The van der Waals surface area contributed by atoms with Gasteiger partial charge in [-0.3, -0.25) is 0 Å². The summed E-state index contributed by atoms with van der Waals surface area (Å²) in [6.45, 7) is 1.65. The molecule has 0 aliphatic carbocycles. The van der Waals surface area contributed by atoms with Crippen LogP contribution in [-0.4, -0.2) is 56.0 Å². The van der Waals surface area contributed by atoms with Gasteiger partial charge in [0, 0.05) is 38.9 Å². The van der Waals surface area contributed by atoms with E-state index in [1.165, 1.54) is 14.2 Å². The van der Waals surface area contributed by atoms with Crippen molar-refractivity contribution < 1.29 is 27.0 Å². The number of methoxy groups -OCH3 is 3. The Morgan fingerprint density at radius 2 is 1.65 bits per heavy atom. The molecule has 0 radical (unpaired) electrons. The summed E-state index contributed by atoms with van der Waals surface area (Å²) < 4.78 is 55.2. The van der Waals surface area contributed by atoms with E-state index in [9.17, 15) is 12.8 Å². The molecule has 0 unspecified atom stereocenters. The van der Waals surface area contributed by atoms with E-state index in [1.54, 1.807) is 7.11 Å². The summed E-state index contributed by atoms with van der Waals surface area (Å²) in [5, 5.41) is 2.98. The minimum Gasteiger partial charge on any atom is -0.493 e. The van der Waals surface area contributed by atoms with Gasteiger partial charge in [0.15, 0.2) is 11.5 Å². The third kappa shape index (κ3) is 6.48. The minimum atomic E-state index is -3.97. The number of hydrogen-bond donors (Lipinski definition) is 2. The number of ether oxygens (including phenoxy) is 3. The number of nitrogens with one attached hydrogen (secondary N) is 2. The molecule has 0 heterocycles. The zero-order valence-corrected chi connectivity index (χ0v) is 14.9. The molecule has 0 aliphatic heterocycles. The standard InChI is InChI=1S/C13H21FN2O5S.ClH/c1-19-7-6-15-4-5-16-22(17,18)13-9-12(21-3)11(20-2)8-10(13)14;/h8-9,15-16H,4-7H2,1-3H3;1H. The molecule has 2 N–H and O–H groups in total. The fourth-order valence-electron chi connectivity index (χ4n) is 1.69. The third-order valence-corrected chi connectivity index (χ3v) is 4.28. The molecule has 1 aromatic carbocycles. The van der Waals surface area contributed by atoms with Gasteiger partial charge in [-0.15, -0.1) is 12.4 Å². The van der Waals surface area contributed by atoms with Crippen molar-refractivity contribution in [2.45, 2.75) is 4.90 Å². The molecule has 0 amide bonds. The molecule has 0 saturated carbocycles. The molecular formula is C13H22ClFN2O5S. The Bertz CT molecular complexity index is 586. The summed E-state index contributed by atoms with van der Waals surface area (Å²) in [7, 11) is 0.290. The predicted octanol–water partition coefficient (Wildman–Crippen LogP) is 0.779. The van der Waals surface area contributed by atoms with Crippen LogP contribution < -0.4 is 19.5 Å². The van der Waals surface area contributed by atoms with Crippen LogP contribution in [0.5, 0.6) is 11.5 Å². The van der Waals surface area contributed by atoms with Crippen molar-refractivity contribution >= 4 is 22.4 Å². The first-order chi connectivity index (χ1) is 10.5. The molecule has 134 valence electrons. The monoisotopic (exact) mass is 372 g/mol. The normalized spacial score (nSPS) is 11.0. The summed E-state index contributed by atoms with van der Waals surface area (Å²) in [5.74, 6) is -0.639. The molecule has 0 atom stereocenters. The molecule has 0 bridgehead atoms. The average Bonchev–Trinajstić information content (AvgIpc) is 2.50. The maximum Gasteiger partial charge on any atom is 0.243 e. The highest BCUT2D eigenvalue weighted by atomic mass is 35.5. The largest absolute Gasteiger partial charge is 0.493 e. The topological polar surface area (TPSA) is 85.9 Å². The molecule has 0 fully saturated rings. The van der Waals surface area contributed by atoms with Crippen molar-refractivity contribution in [1.29, 1.82) is 0 Å². The average molecular weight is 373 g/mol. The fourth-order valence-corrected chi connectivity index (χ4v) is 2.80. The van der Waals surface area contributed by atoms with Crippen LogP contribution >= 0.6 is 12.4 Å². The summed E-state index contributed by atoms with van der Waals surface area (Å²) in [6.07, 6.45) is 0. The van der Waals surface area contributed by atoms with Crippen LogP contribution in [0.1, 0.15) is 0 Å². The third-order valence-electron chi connectivity index (χ3n) is 2.80. The van der Waals surface area contributed by atoms with E-state index >= 15 is 0 Å². The van der Waals surface area contributed by atoms with E-state index in [2.05, 4.69) is 10.0 Å². The molecule has 23 heavy (non-hydrogen) atoms. The van der Waals surface area contributed by atoms with Crippen molar-refractivity contribution in [3.05, 3.63) is 17.9 Å². The highest BCUT2D eigenvalue weighted by Gasteiger charge is 2.22. The molecule has 7 nitrogen and oxygen atoms in total. The fraction of sp³-hybridized carbons (Fsp3) is 0.538. The van der Waals surface area contributed by atoms with Gasteiger partial charge in [-0.2, -0.15) is 0 Å².